The second-order valence-corrected chi connectivity index (χ2v) is 11.1. The van der Waals surface area contributed by atoms with Gasteiger partial charge in [0.25, 0.3) is 0 Å². The Morgan fingerprint density at radius 1 is 1.06 bits per heavy atom. The monoisotopic (exact) mass is 517 g/mol. The Bertz CT molecular complexity index is 1110. The van der Waals surface area contributed by atoms with Crippen LogP contribution >= 0.6 is 11.8 Å². The predicted octanol–water partition coefficient (Wildman–Crippen LogP) is 5.17. The zero-order chi connectivity index (χ0) is 25.3. The lowest BCUT2D eigenvalue weighted by Crippen LogP contribution is -2.54. The van der Waals surface area contributed by atoms with Gasteiger partial charge in [0.2, 0.25) is 0 Å². The molecule has 0 radical (unpaired) electrons. The molecule has 2 amide bonds. The van der Waals surface area contributed by atoms with Gasteiger partial charge in [0.15, 0.2) is 23.1 Å². The fourth-order valence-electron chi connectivity index (χ4n) is 6.35. The van der Waals surface area contributed by atoms with Crippen LogP contribution in [0.2, 0.25) is 0 Å². The van der Waals surface area contributed by atoms with Crippen LogP contribution < -0.4 is 20.1 Å². The van der Waals surface area contributed by atoms with Crippen molar-refractivity contribution in [1.82, 2.24) is 10.2 Å². The van der Waals surface area contributed by atoms with E-state index in [1.807, 2.05) is 17.8 Å². The van der Waals surface area contributed by atoms with E-state index in [1.165, 1.54) is 23.8 Å². The highest BCUT2D eigenvalue weighted by atomic mass is 32.2. The molecule has 2 N–H and O–H groups in total. The quantitative estimate of drug-likeness (QED) is 0.553. The van der Waals surface area contributed by atoms with Gasteiger partial charge in [-0.3, -0.25) is 4.90 Å². The molecule has 2 aromatic carbocycles. The Kier molecular flexibility index (Phi) is 7.30. The van der Waals surface area contributed by atoms with Gasteiger partial charge in [0, 0.05) is 41.0 Å². The third kappa shape index (κ3) is 4.75. The molecule has 1 saturated carbocycles. The summed E-state index contributed by atoms with van der Waals surface area (Å²) < 4.78 is 37.9. The van der Waals surface area contributed by atoms with Gasteiger partial charge in [-0.25, -0.2) is 13.6 Å². The molecule has 2 saturated heterocycles. The molecule has 194 valence electrons. The smallest absolute Gasteiger partial charge is 0.319 e. The predicted molar refractivity (Wildman–Crippen MR) is 138 cm³/mol. The van der Waals surface area contributed by atoms with Gasteiger partial charge >= 0.3 is 6.03 Å². The Morgan fingerprint density at radius 2 is 1.89 bits per heavy atom. The molecule has 9 heteroatoms. The van der Waals surface area contributed by atoms with E-state index >= 15 is 0 Å². The summed E-state index contributed by atoms with van der Waals surface area (Å²) >= 11 is 2.01. The summed E-state index contributed by atoms with van der Waals surface area (Å²) in [5.41, 5.74) is 1.48. The van der Waals surface area contributed by atoms with Crippen molar-refractivity contribution >= 4 is 23.5 Å². The van der Waals surface area contributed by atoms with E-state index in [4.69, 9.17) is 9.47 Å². The van der Waals surface area contributed by atoms with Crippen molar-refractivity contribution < 1.29 is 23.0 Å². The van der Waals surface area contributed by atoms with E-state index in [9.17, 15) is 13.6 Å². The van der Waals surface area contributed by atoms with Crippen LogP contribution in [-0.4, -0.2) is 61.3 Å². The van der Waals surface area contributed by atoms with Crippen LogP contribution in [0.5, 0.6) is 11.5 Å². The van der Waals surface area contributed by atoms with Gasteiger partial charge in [0.1, 0.15) is 0 Å². The summed E-state index contributed by atoms with van der Waals surface area (Å²) in [6.07, 6.45) is 4.88. The second-order valence-electron chi connectivity index (χ2n) is 9.95. The summed E-state index contributed by atoms with van der Waals surface area (Å²) in [4.78, 5) is 15.4. The van der Waals surface area contributed by atoms with Crippen molar-refractivity contribution in [3.8, 4) is 11.5 Å². The molecule has 1 unspecified atom stereocenters. The number of fused-ring (bicyclic) bond motifs is 1. The highest BCUT2D eigenvalue weighted by Crippen LogP contribution is 2.51. The zero-order valence-corrected chi connectivity index (χ0v) is 21.5. The van der Waals surface area contributed by atoms with E-state index in [0.29, 0.717) is 12.1 Å². The topological polar surface area (TPSA) is 62.8 Å². The number of anilines is 1. The summed E-state index contributed by atoms with van der Waals surface area (Å²) in [6.45, 7) is 1.04. The van der Waals surface area contributed by atoms with Crippen LogP contribution in [0.15, 0.2) is 36.4 Å². The first-order valence-corrected chi connectivity index (χ1v) is 13.7. The standard InChI is InChI=1S/C27H33F2N3O3S/c1-34-23-6-3-17(13-24(23)35-2)27-9-7-19(15-25(27)32(11-10-27)20-8-12-36-16-20)31-26(33)30-18-4-5-21(28)22(29)14-18/h3-6,13-14,19-20,25H,7-12,15-16H2,1-2H3,(H2,30,31,33)/t19-,20?,25+,27-/m0/s1. The summed E-state index contributed by atoms with van der Waals surface area (Å²) in [5.74, 6) is 1.87. The average Bonchev–Trinajstić information content (AvgIpc) is 3.54. The number of benzene rings is 2. The number of amides is 2. The van der Waals surface area contributed by atoms with Crippen LogP contribution in [0.25, 0.3) is 0 Å². The Morgan fingerprint density at radius 3 is 2.61 bits per heavy atom. The van der Waals surface area contributed by atoms with Gasteiger partial charge in [-0.05, 0) is 74.2 Å². The van der Waals surface area contributed by atoms with Gasteiger partial charge < -0.3 is 20.1 Å². The van der Waals surface area contributed by atoms with Crippen LogP contribution in [0.4, 0.5) is 19.3 Å². The lowest BCUT2D eigenvalue weighted by Gasteiger charge is -2.46. The molecule has 4 atom stereocenters. The summed E-state index contributed by atoms with van der Waals surface area (Å²) in [6, 6.07) is 10.1. The molecule has 0 spiro atoms. The van der Waals surface area contributed by atoms with Crippen LogP contribution in [0, 0.1) is 11.6 Å². The van der Waals surface area contributed by atoms with Crippen molar-refractivity contribution in [3.05, 3.63) is 53.6 Å². The van der Waals surface area contributed by atoms with Crippen molar-refractivity contribution in [3.63, 3.8) is 0 Å². The number of rotatable bonds is 6. The van der Waals surface area contributed by atoms with E-state index in [0.717, 1.165) is 61.6 Å². The van der Waals surface area contributed by atoms with Crippen LogP contribution in [0.1, 0.15) is 37.7 Å². The molecule has 5 rings (SSSR count). The summed E-state index contributed by atoms with van der Waals surface area (Å²) in [7, 11) is 3.32. The molecule has 0 bridgehead atoms. The Hall–Kier alpha value is -2.52. The van der Waals surface area contributed by atoms with Gasteiger partial charge in [-0.15, -0.1) is 0 Å². The highest BCUT2D eigenvalue weighted by Gasteiger charge is 2.53. The molecule has 3 fully saturated rings. The molecule has 2 aromatic rings. The molecule has 2 heterocycles. The number of carbonyl (C=O) groups excluding carboxylic acids is 1. The number of nitrogens with zero attached hydrogens (tertiary/aromatic N) is 1. The third-order valence-corrected chi connectivity index (χ3v) is 9.29. The number of methoxy groups -OCH3 is 2. The molecule has 36 heavy (non-hydrogen) atoms. The highest BCUT2D eigenvalue weighted by molar-refractivity contribution is 7.99. The number of ether oxygens (including phenoxy) is 2. The van der Waals surface area contributed by atoms with E-state index < -0.39 is 17.7 Å². The van der Waals surface area contributed by atoms with Crippen LogP contribution in [0.3, 0.4) is 0 Å². The number of nitrogens with one attached hydrogen (secondary N) is 2. The first kappa shape index (κ1) is 25.1. The van der Waals surface area contributed by atoms with Crippen LogP contribution in [-0.2, 0) is 5.41 Å². The molecule has 0 aromatic heterocycles. The second kappa shape index (κ2) is 10.5. The van der Waals surface area contributed by atoms with Gasteiger partial charge in [0.05, 0.1) is 14.2 Å². The normalized spacial score (nSPS) is 27.9. The molecule has 2 aliphatic heterocycles. The van der Waals surface area contributed by atoms with Gasteiger partial charge in [-0.2, -0.15) is 11.8 Å². The average molecular weight is 518 g/mol. The first-order chi connectivity index (χ1) is 17.4. The number of urea groups is 1. The van der Waals surface area contributed by atoms with E-state index in [-0.39, 0.29) is 17.1 Å². The van der Waals surface area contributed by atoms with Gasteiger partial charge in [-0.1, -0.05) is 6.07 Å². The number of halogens is 2. The number of likely N-dealkylation sites (tertiary alicyclic amines) is 1. The SMILES string of the molecule is COc1ccc([C@@]23CC[C@H](NC(=O)Nc4ccc(F)c(F)c4)C[C@H]2N(C2CCSC2)CC3)cc1OC. The summed E-state index contributed by atoms with van der Waals surface area (Å²) in [5, 5.41) is 5.74. The molecular weight excluding hydrogens is 484 g/mol. The minimum atomic E-state index is -0.985. The van der Waals surface area contributed by atoms with Crippen molar-refractivity contribution in [2.24, 2.45) is 0 Å². The number of hydrogen-bond acceptors (Lipinski definition) is 5. The number of carbonyl (C=O) groups is 1. The third-order valence-electron chi connectivity index (χ3n) is 8.15. The Labute approximate surface area is 215 Å². The first-order valence-electron chi connectivity index (χ1n) is 12.5. The zero-order valence-electron chi connectivity index (χ0n) is 20.7. The van der Waals surface area contributed by atoms with Crippen molar-refractivity contribution in [1.29, 1.82) is 0 Å². The molecule has 3 aliphatic rings. The largest absolute Gasteiger partial charge is 0.493 e. The molecular formula is C27H33F2N3O3S. The fraction of sp³-hybridized carbons (Fsp3) is 0.519. The minimum Gasteiger partial charge on any atom is -0.493 e. The van der Waals surface area contributed by atoms with E-state index in [2.05, 4.69) is 27.7 Å². The molecule has 6 nitrogen and oxygen atoms in total. The Balaban J connectivity index is 1.36. The fourth-order valence-corrected chi connectivity index (χ4v) is 7.58. The lowest BCUT2D eigenvalue weighted by atomic mass is 9.65. The van der Waals surface area contributed by atoms with Crippen molar-refractivity contribution in [2.45, 2.75) is 55.6 Å². The maximum atomic E-state index is 13.6. The van der Waals surface area contributed by atoms with Crippen molar-refractivity contribution in [2.75, 3.05) is 37.6 Å². The van der Waals surface area contributed by atoms with E-state index in [1.54, 1.807) is 14.2 Å². The number of thioether (sulfide) groups is 1. The number of hydrogen-bond donors (Lipinski definition) is 2. The maximum absolute atomic E-state index is 13.6. The minimum absolute atomic E-state index is 0.0109. The molecule has 1 aliphatic carbocycles. The lowest BCUT2D eigenvalue weighted by molar-refractivity contribution is 0.109. The maximum Gasteiger partial charge on any atom is 0.319 e.